The Morgan fingerprint density at radius 1 is 1.24 bits per heavy atom. The van der Waals surface area contributed by atoms with Gasteiger partial charge < -0.3 is 5.73 Å². The Balaban J connectivity index is 1.72. The highest BCUT2D eigenvalue weighted by molar-refractivity contribution is 7.89. The molecule has 0 aliphatic heterocycles. The van der Waals surface area contributed by atoms with Gasteiger partial charge in [0.2, 0.25) is 10.0 Å². The van der Waals surface area contributed by atoms with E-state index in [9.17, 15) is 8.42 Å². The van der Waals surface area contributed by atoms with Crippen molar-refractivity contribution >= 4 is 26.7 Å². The van der Waals surface area contributed by atoms with Crippen LogP contribution in [-0.4, -0.2) is 19.9 Å². The zero-order chi connectivity index (χ0) is 14.9. The van der Waals surface area contributed by atoms with E-state index in [2.05, 4.69) is 9.71 Å². The molecule has 1 aromatic heterocycles. The molecule has 5 nitrogen and oxygen atoms in total. The topological polar surface area (TPSA) is 85.1 Å². The highest BCUT2D eigenvalue weighted by atomic mass is 32.2. The summed E-state index contributed by atoms with van der Waals surface area (Å²) in [6.07, 6.45) is 4.61. The van der Waals surface area contributed by atoms with Gasteiger partial charge in [-0.1, -0.05) is 12.8 Å². The van der Waals surface area contributed by atoms with Crippen molar-refractivity contribution in [3.63, 3.8) is 0 Å². The van der Waals surface area contributed by atoms with Crippen molar-refractivity contribution in [3.05, 3.63) is 30.3 Å². The molecule has 1 aromatic carbocycles. The molecule has 0 bridgehead atoms. The highest BCUT2D eigenvalue weighted by Gasteiger charge is 2.21. The number of nitrogens with two attached hydrogens (primary N) is 1. The molecule has 3 N–H and O–H groups in total. The van der Waals surface area contributed by atoms with Gasteiger partial charge in [-0.2, -0.15) is 0 Å². The van der Waals surface area contributed by atoms with Gasteiger partial charge in [-0.05, 0) is 49.1 Å². The second-order valence-corrected chi connectivity index (χ2v) is 7.34. The normalized spacial score (nSPS) is 15.4. The van der Waals surface area contributed by atoms with Crippen LogP contribution in [0.15, 0.2) is 35.2 Å². The van der Waals surface area contributed by atoms with Gasteiger partial charge in [0.1, 0.15) is 5.82 Å². The average Bonchev–Trinajstić information content (AvgIpc) is 3.27. The van der Waals surface area contributed by atoms with E-state index in [0.29, 0.717) is 17.9 Å². The summed E-state index contributed by atoms with van der Waals surface area (Å²) in [5, 5.41) is 0.769. The molecular formula is C15H19N3O2S. The minimum atomic E-state index is -3.45. The fraction of sp³-hybridized carbons (Fsp3) is 0.400. The summed E-state index contributed by atoms with van der Waals surface area (Å²) in [7, 11) is -3.45. The number of sulfonamides is 1. The van der Waals surface area contributed by atoms with Crippen LogP contribution in [0.1, 0.15) is 25.7 Å². The van der Waals surface area contributed by atoms with Gasteiger partial charge in [0, 0.05) is 11.9 Å². The van der Waals surface area contributed by atoms with E-state index in [1.54, 1.807) is 30.3 Å². The lowest BCUT2D eigenvalue weighted by Gasteiger charge is -2.07. The van der Waals surface area contributed by atoms with Crippen molar-refractivity contribution in [2.45, 2.75) is 30.6 Å². The zero-order valence-electron chi connectivity index (χ0n) is 11.7. The number of benzene rings is 1. The molecule has 2 aromatic rings. The summed E-state index contributed by atoms with van der Waals surface area (Å²) in [6, 6.07) is 8.33. The first-order valence-corrected chi connectivity index (χ1v) is 8.69. The third-order valence-corrected chi connectivity index (χ3v) is 5.23. The molecule has 1 heterocycles. The molecule has 6 heteroatoms. The molecule has 0 saturated heterocycles. The summed E-state index contributed by atoms with van der Waals surface area (Å²) < 4.78 is 27.2. The molecule has 0 atom stereocenters. The number of nitrogen functional groups attached to an aromatic ring is 1. The smallest absolute Gasteiger partial charge is 0.240 e. The maximum atomic E-state index is 12.2. The van der Waals surface area contributed by atoms with Crippen molar-refractivity contribution in [1.29, 1.82) is 0 Å². The molecule has 0 radical (unpaired) electrons. The molecule has 1 aliphatic carbocycles. The number of aromatic nitrogens is 1. The lowest BCUT2D eigenvalue weighted by molar-refractivity contribution is 0.572. The fourth-order valence-corrected chi connectivity index (χ4v) is 3.48. The van der Waals surface area contributed by atoms with Crippen molar-refractivity contribution < 1.29 is 8.42 Å². The summed E-state index contributed by atoms with van der Waals surface area (Å²) in [4.78, 5) is 4.43. The maximum Gasteiger partial charge on any atom is 0.240 e. The van der Waals surface area contributed by atoms with Crippen molar-refractivity contribution in [2.24, 2.45) is 5.92 Å². The number of hydrogen-bond donors (Lipinski definition) is 2. The number of pyridine rings is 1. The highest BCUT2D eigenvalue weighted by Crippen LogP contribution is 2.33. The van der Waals surface area contributed by atoms with Crippen LogP contribution in [0.2, 0.25) is 0 Å². The minimum Gasteiger partial charge on any atom is -0.384 e. The van der Waals surface area contributed by atoms with Crippen LogP contribution in [0.5, 0.6) is 0 Å². The minimum absolute atomic E-state index is 0.271. The van der Waals surface area contributed by atoms with Crippen molar-refractivity contribution in [2.75, 3.05) is 12.3 Å². The van der Waals surface area contributed by atoms with Crippen molar-refractivity contribution in [1.82, 2.24) is 9.71 Å². The van der Waals surface area contributed by atoms with Gasteiger partial charge in [0.05, 0.1) is 10.4 Å². The van der Waals surface area contributed by atoms with Gasteiger partial charge >= 0.3 is 0 Å². The van der Waals surface area contributed by atoms with Crippen LogP contribution >= 0.6 is 0 Å². The number of fused-ring (bicyclic) bond motifs is 1. The molecule has 3 rings (SSSR count). The Kier molecular flexibility index (Phi) is 3.82. The van der Waals surface area contributed by atoms with Gasteiger partial charge in [-0.25, -0.2) is 18.1 Å². The largest absolute Gasteiger partial charge is 0.384 e. The average molecular weight is 305 g/mol. The van der Waals surface area contributed by atoms with E-state index in [-0.39, 0.29) is 4.90 Å². The maximum absolute atomic E-state index is 12.2. The predicted molar refractivity (Wildman–Crippen MR) is 83.3 cm³/mol. The lowest BCUT2D eigenvalue weighted by Crippen LogP contribution is -2.24. The first-order chi connectivity index (χ1) is 10.0. The second-order valence-electron chi connectivity index (χ2n) is 5.57. The third-order valence-electron chi connectivity index (χ3n) is 3.77. The molecule has 0 amide bonds. The lowest BCUT2D eigenvalue weighted by atomic mass is 10.2. The predicted octanol–water partition coefficient (Wildman–Crippen LogP) is 2.29. The number of rotatable bonds is 6. The summed E-state index contributed by atoms with van der Waals surface area (Å²) >= 11 is 0. The first kappa shape index (κ1) is 14.3. The van der Waals surface area contributed by atoms with Gasteiger partial charge in [0.25, 0.3) is 0 Å². The summed E-state index contributed by atoms with van der Waals surface area (Å²) in [5.41, 5.74) is 6.31. The van der Waals surface area contributed by atoms with E-state index in [0.717, 1.165) is 24.1 Å². The van der Waals surface area contributed by atoms with Crippen LogP contribution < -0.4 is 10.5 Å². The molecule has 1 saturated carbocycles. The van der Waals surface area contributed by atoms with E-state index in [1.807, 2.05) is 0 Å². The summed E-state index contributed by atoms with van der Waals surface area (Å²) in [5.74, 6) is 1.25. The molecular weight excluding hydrogens is 286 g/mol. The Morgan fingerprint density at radius 2 is 2.05 bits per heavy atom. The Labute approximate surface area is 124 Å². The molecule has 112 valence electrons. The molecule has 1 fully saturated rings. The van der Waals surface area contributed by atoms with E-state index in [4.69, 9.17) is 5.73 Å². The number of hydrogen-bond acceptors (Lipinski definition) is 4. The van der Waals surface area contributed by atoms with Crippen LogP contribution in [0.3, 0.4) is 0 Å². The Bertz CT molecular complexity index is 755. The Morgan fingerprint density at radius 3 is 2.81 bits per heavy atom. The van der Waals surface area contributed by atoms with Crippen LogP contribution in [0.4, 0.5) is 5.82 Å². The molecule has 0 unspecified atom stereocenters. The molecule has 0 spiro atoms. The van der Waals surface area contributed by atoms with E-state index in [1.165, 1.54) is 12.8 Å². The van der Waals surface area contributed by atoms with E-state index >= 15 is 0 Å². The van der Waals surface area contributed by atoms with E-state index < -0.39 is 10.0 Å². The first-order valence-electron chi connectivity index (χ1n) is 7.20. The number of nitrogens with zero attached hydrogens (tertiary/aromatic N) is 1. The van der Waals surface area contributed by atoms with Crippen LogP contribution in [0.25, 0.3) is 10.9 Å². The second kappa shape index (κ2) is 5.61. The third kappa shape index (κ3) is 3.51. The standard InChI is InChI=1S/C15H19N3O2S/c16-15-8-5-12-10-13(6-7-14(12)18-15)21(19,20)17-9-1-2-11-3-4-11/h5-8,10-11,17H,1-4,9H2,(H2,16,18). The molecule has 1 aliphatic rings. The van der Waals surface area contributed by atoms with Crippen LogP contribution in [-0.2, 0) is 10.0 Å². The number of nitrogens with one attached hydrogen (secondary N) is 1. The fourth-order valence-electron chi connectivity index (χ4n) is 2.37. The molecule has 21 heavy (non-hydrogen) atoms. The Hall–Kier alpha value is -1.66. The van der Waals surface area contributed by atoms with Gasteiger partial charge in [0.15, 0.2) is 0 Å². The zero-order valence-corrected chi connectivity index (χ0v) is 12.6. The van der Waals surface area contributed by atoms with Gasteiger partial charge in [-0.3, -0.25) is 0 Å². The SMILES string of the molecule is Nc1ccc2cc(S(=O)(=O)NCCCC3CC3)ccc2n1. The monoisotopic (exact) mass is 305 g/mol. The van der Waals surface area contributed by atoms with Crippen LogP contribution in [0, 0.1) is 5.92 Å². The number of anilines is 1. The van der Waals surface area contributed by atoms with Crippen molar-refractivity contribution in [3.8, 4) is 0 Å². The van der Waals surface area contributed by atoms with Gasteiger partial charge in [-0.15, -0.1) is 0 Å². The summed E-state index contributed by atoms with van der Waals surface area (Å²) in [6.45, 7) is 0.497. The quantitative estimate of drug-likeness (QED) is 0.802.